The molecule has 0 bridgehead atoms. The van der Waals surface area contributed by atoms with Crippen molar-refractivity contribution in [1.29, 1.82) is 5.26 Å². The lowest BCUT2D eigenvalue weighted by Gasteiger charge is -2.13. The highest BCUT2D eigenvalue weighted by atomic mass is 32.2. The molecule has 6 heteroatoms. The van der Waals surface area contributed by atoms with Gasteiger partial charge in [0.05, 0.1) is 28.4 Å². The van der Waals surface area contributed by atoms with Gasteiger partial charge in [-0.1, -0.05) is 13.8 Å². The minimum atomic E-state index is -3.36. The number of aliphatic hydroxyl groups is 1. The van der Waals surface area contributed by atoms with Crippen LogP contribution < -0.4 is 5.32 Å². The molecule has 1 aromatic rings. The van der Waals surface area contributed by atoms with Crippen LogP contribution in [0.25, 0.3) is 0 Å². The lowest BCUT2D eigenvalue weighted by atomic mass is 10.1. The van der Waals surface area contributed by atoms with Crippen LogP contribution in [0.4, 0.5) is 0 Å². The average molecular weight is 310 g/mol. The van der Waals surface area contributed by atoms with Crippen LogP contribution in [0.1, 0.15) is 25.8 Å². The maximum Gasteiger partial charge on any atom is 0.179 e. The Bertz CT molecular complexity index is 574. The maximum absolute atomic E-state index is 12.1. The molecule has 0 spiro atoms. The van der Waals surface area contributed by atoms with Gasteiger partial charge in [0, 0.05) is 13.1 Å². The topological polar surface area (TPSA) is 90.2 Å². The Kier molecular flexibility index (Phi) is 6.82. The zero-order valence-corrected chi connectivity index (χ0v) is 13.2. The summed E-state index contributed by atoms with van der Waals surface area (Å²) >= 11 is 0. The molecule has 0 saturated carbocycles. The molecule has 1 unspecified atom stereocenters. The molecule has 0 saturated heterocycles. The molecule has 1 atom stereocenters. The van der Waals surface area contributed by atoms with E-state index >= 15 is 0 Å². The number of rotatable bonds is 8. The van der Waals surface area contributed by atoms with Gasteiger partial charge in [-0.25, -0.2) is 8.42 Å². The molecule has 0 amide bonds. The normalized spacial score (nSPS) is 13.1. The predicted octanol–water partition coefficient (Wildman–Crippen LogP) is 1.33. The van der Waals surface area contributed by atoms with Crippen LogP contribution in [0.5, 0.6) is 0 Å². The first-order valence-corrected chi connectivity index (χ1v) is 8.62. The third-order valence-corrected chi connectivity index (χ3v) is 4.75. The third-order valence-electron chi connectivity index (χ3n) is 3.01. The monoisotopic (exact) mass is 310 g/mol. The molecule has 0 aliphatic rings. The molecule has 5 nitrogen and oxygen atoms in total. The van der Waals surface area contributed by atoms with Gasteiger partial charge in [-0.3, -0.25) is 0 Å². The summed E-state index contributed by atoms with van der Waals surface area (Å²) < 4.78 is 24.1. The van der Waals surface area contributed by atoms with Gasteiger partial charge in [0.15, 0.2) is 9.84 Å². The van der Waals surface area contributed by atoms with E-state index in [1.165, 1.54) is 24.3 Å². The van der Waals surface area contributed by atoms with E-state index in [0.717, 1.165) is 0 Å². The molecule has 1 rings (SSSR count). The van der Waals surface area contributed by atoms with E-state index in [1.807, 2.05) is 19.9 Å². The molecule has 0 aliphatic carbocycles. The Morgan fingerprint density at radius 1 is 1.29 bits per heavy atom. The van der Waals surface area contributed by atoms with Crippen LogP contribution in [0.3, 0.4) is 0 Å². The average Bonchev–Trinajstić information content (AvgIpc) is 2.43. The Balaban J connectivity index is 2.44. The maximum atomic E-state index is 12.1. The van der Waals surface area contributed by atoms with Gasteiger partial charge in [-0.15, -0.1) is 0 Å². The number of sulfone groups is 1. The van der Waals surface area contributed by atoms with Gasteiger partial charge in [-0.05, 0) is 36.6 Å². The molecule has 21 heavy (non-hydrogen) atoms. The number of nitrogens with zero attached hydrogens (tertiary/aromatic N) is 1. The molecular formula is C15H22N2O3S. The van der Waals surface area contributed by atoms with Crippen molar-refractivity contribution in [1.82, 2.24) is 5.32 Å². The van der Waals surface area contributed by atoms with E-state index in [1.54, 1.807) is 0 Å². The fourth-order valence-corrected chi connectivity index (χ4v) is 3.16. The van der Waals surface area contributed by atoms with Gasteiger partial charge in [-0.2, -0.15) is 5.26 Å². The Labute approximate surface area is 126 Å². The molecule has 2 N–H and O–H groups in total. The van der Waals surface area contributed by atoms with Gasteiger partial charge in [0.25, 0.3) is 0 Å². The lowest BCUT2D eigenvalue weighted by molar-refractivity contribution is 0.147. The van der Waals surface area contributed by atoms with Crippen molar-refractivity contribution in [2.24, 2.45) is 5.92 Å². The van der Waals surface area contributed by atoms with E-state index < -0.39 is 15.9 Å². The summed E-state index contributed by atoms with van der Waals surface area (Å²) in [6.45, 7) is 4.73. The van der Waals surface area contributed by atoms with Crippen LogP contribution in [0, 0.1) is 17.2 Å². The zero-order valence-electron chi connectivity index (χ0n) is 12.4. The molecular weight excluding hydrogens is 288 g/mol. The predicted molar refractivity (Wildman–Crippen MR) is 81.5 cm³/mol. The van der Waals surface area contributed by atoms with Crippen molar-refractivity contribution in [3.8, 4) is 6.07 Å². The van der Waals surface area contributed by atoms with Crippen LogP contribution in [-0.4, -0.2) is 38.5 Å². The minimum Gasteiger partial charge on any atom is -0.392 e. The van der Waals surface area contributed by atoms with Crippen molar-refractivity contribution in [3.63, 3.8) is 0 Å². The van der Waals surface area contributed by atoms with Crippen LogP contribution >= 0.6 is 0 Å². The standard InChI is InChI=1S/C15H22N2O3S/c1-12(2)9-14(18)11-17-7-8-21(19,20)15-5-3-13(10-16)4-6-15/h3-6,12,14,17-18H,7-9,11H2,1-2H3. The second-order valence-corrected chi connectivity index (χ2v) is 7.55. The smallest absolute Gasteiger partial charge is 0.179 e. The number of hydrogen-bond acceptors (Lipinski definition) is 5. The summed E-state index contributed by atoms with van der Waals surface area (Å²) in [6, 6.07) is 7.83. The molecule has 0 aromatic heterocycles. The lowest BCUT2D eigenvalue weighted by Crippen LogP contribution is -2.31. The highest BCUT2D eigenvalue weighted by Crippen LogP contribution is 2.11. The molecule has 0 heterocycles. The molecule has 0 aliphatic heterocycles. The van der Waals surface area contributed by atoms with Gasteiger partial charge in [0.2, 0.25) is 0 Å². The number of aliphatic hydroxyl groups excluding tert-OH is 1. The van der Waals surface area contributed by atoms with Crippen molar-refractivity contribution >= 4 is 9.84 Å². The molecule has 0 fully saturated rings. The van der Waals surface area contributed by atoms with Crippen molar-refractivity contribution in [3.05, 3.63) is 29.8 Å². The van der Waals surface area contributed by atoms with Gasteiger partial charge < -0.3 is 10.4 Å². The summed E-state index contributed by atoms with van der Waals surface area (Å²) in [5.74, 6) is 0.372. The highest BCUT2D eigenvalue weighted by Gasteiger charge is 2.14. The SMILES string of the molecule is CC(C)CC(O)CNCCS(=O)(=O)c1ccc(C#N)cc1. The van der Waals surface area contributed by atoms with Gasteiger partial charge in [0.1, 0.15) is 0 Å². The van der Waals surface area contributed by atoms with Crippen molar-refractivity contribution in [2.45, 2.75) is 31.3 Å². The van der Waals surface area contributed by atoms with E-state index in [4.69, 9.17) is 5.26 Å². The summed E-state index contributed by atoms with van der Waals surface area (Å²) in [7, 11) is -3.36. The van der Waals surface area contributed by atoms with E-state index in [2.05, 4.69) is 5.32 Å². The molecule has 1 aromatic carbocycles. The first-order chi connectivity index (χ1) is 9.85. The summed E-state index contributed by atoms with van der Waals surface area (Å²) in [6.07, 6.45) is 0.234. The Hall–Kier alpha value is -1.42. The first-order valence-electron chi connectivity index (χ1n) is 6.97. The highest BCUT2D eigenvalue weighted by molar-refractivity contribution is 7.91. The Morgan fingerprint density at radius 2 is 1.90 bits per heavy atom. The van der Waals surface area contributed by atoms with E-state index in [0.29, 0.717) is 24.4 Å². The van der Waals surface area contributed by atoms with E-state index in [9.17, 15) is 13.5 Å². The first kappa shape index (κ1) is 17.6. The number of nitriles is 1. The fourth-order valence-electron chi connectivity index (χ4n) is 1.96. The summed E-state index contributed by atoms with van der Waals surface area (Å²) in [5, 5.41) is 21.3. The van der Waals surface area contributed by atoms with Crippen LogP contribution in [0.2, 0.25) is 0 Å². The van der Waals surface area contributed by atoms with Crippen LogP contribution in [0.15, 0.2) is 29.2 Å². The van der Waals surface area contributed by atoms with Gasteiger partial charge >= 0.3 is 0 Å². The van der Waals surface area contributed by atoms with Crippen LogP contribution in [-0.2, 0) is 9.84 Å². The second kappa shape index (κ2) is 8.13. The zero-order chi connectivity index (χ0) is 15.9. The number of nitrogens with one attached hydrogen (secondary N) is 1. The largest absolute Gasteiger partial charge is 0.392 e. The second-order valence-electron chi connectivity index (χ2n) is 5.44. The van der Waals surface area contributed by atoms with E-state index in [-0.39, 0.29) is 17.2 Å². The minimum absolute atomic E-state index is 0.0344. The quantitative estimate of drug-likeness (QED) is 0.707. The third kappa shape index (κ3) is 6.25. The Morgan fingerprint density at radius 3 is 2.43 bits per heavy atom. The number of benzene rings is 1. The summed E-state index contributed by atoms with van der Waals surface area (Å²) in [4.78, 5) is 0.214. The number of hydrogen-bond donors (Lipinski definition) is 2. The molecule has 116 valence electrons. The summed E-state index contributed by atoms with van der Waals surface area (Å²) in [5.41, 5.74) is 0.434. The van der Waals surface area contributed by atoms with Crippen molar-refractivity contribution in [2.75, 3.05) is 18.8 Å². The fraction of sp³-hybridized carbons (Fsp3) is 0.533. The van der Waals surface area contributed by atoms with Crippen molar-refractivity contribution < 1.29 is 13.5 Å². The molecule has 0 radical (unpaired) electrons.